The number of anilines is 2. The summed E-state index contributed by atoms with van der Waals surface area (Å²) in [4.78, 5) is 25.6. The molecule has 3 aliphatic rings. The molecule has 2 atom stereocenters. The number of nitrogens with one attached hydrogen (secondary N) is 2. The van der Waals surface area contributed by atoms with Gasteiger partial charge in [-0.05, 0) is 99.9 Å². The van der Waals surface area contributed by atoms with Crippen molar-refractivity contribution in [3.8, 4) is 11.5 Å². The molecule has 0 bridgehead atoms. The average Bonchev–Trinajstić information content (AvgIpc) is 3.67. The Balaban J connectivity index is 1.01. The zero-order valence-electron chi connectivity index (χ0n) is 21.9. The lowest BCUT2D eigenvalue weighted by molar-refractivity contribution is -0.125. The number of amides is 2. The van der Waals surface area contributed by atoms with Gasteiger partial charge in [0.1, 0.15) is 24.7 Å². The molecule has 2 saturated heterocycles. The van der Waals surface area contributed by atoms with Crippen molar-refractivity contribution in [2.24, 2.45) is 11.8 Å². The van der Waals surface area contributed by atoms with E-state index in [1.54, 1.807) is 0 Å². The Morgan fingerprint density at radius 3 is 1.37 bits per heavy atom. The zero-order chi connectivity index (χ0) is 26.2. The molecule has 0 aromatic heterocycles. The fraction of sp³-hybridized carbons (Fsp3) is 0.533. The maximum atomic E-state index is 12.8. The van der Waals surface area contributed by atoms with Crippen LogP contribution in [0, 0.1) is 11.8 Å². The molecule has 5 rings (SSSR count). The first-order chi connectivity index (χ1) is 18.6. The molecule has 2 aromatic rings. The first kappa shape index (κ1) is 26.5. The molecule has 2 aromatic carbocycles. The molecule has 1 saturated carbocycles. The number of ether oxygens (including phenoxy) is 4. The molecule has 2 unspecified atom stereocenters. The van der Waals surface area contributed by atoms with E-state index in [1.807, 2.05) is 48.5 Å². The minimum absolute atomic E-state index is 0.00970. The van der Waals surface area contributed by atoms with Crippen LogP contribution < -0.4 is 20.1 Å². The normalized spacial score (nSPS) is 25.1. The van der Waals surface area contributed by atoms with Gasteiger partial charge >= 0.3 is 0 Å². The van der Waals surface area contributed by atoms with Crippen LogP contribution in [-0.4, -0.2) is 50.4 Å². The third-order valence-electron chi connectivity index (χ3n) is 7.63. The van der Waals surface area contributed by atoms with Crippen molar-refractivity contribution in [3.63, 3.8) is 0 Å². The predicted molar refractivity (Wildman–Crippen MR) is 145 cm³/mol. The molecule has 2 N–H and O–H groups in total. The summed E-state index contributed by atoms with van der Waals surface area (Å²) < 4.78 is 22.7. The van der Waals surface area contributed by atoms with Crippen molar-refractivity contribution in [3.05, 3.63) is 48.5 Å². The van der Waals surface area contributed by atoms with Crippen molar-refractivity contribution in [1.82, 2.24) is 0 Å². The number of hydrogen-bond donors (Lipinski definition) is 2. The first-order valence-electron chi connectivity index (χ1n) is 13.9. The van der Waals surface area contributed by atoms with Crippen molar-refractivity contribution in [2.45, 2.75) is 63.6 Å². The molecule has 8 heteroatoms. The molecular weight excluding hydrogens is 484 g/mol. The third kappa shape index (κ3) is 7.48. The van der Waals surface area contributed by atoms with Crippen LogP contribution in [0.25, 0.3) is 0 Å². The highest BCUT2D eigenvalue weighted by Gasteiger charge is 2.30. The summed E-state index contributed by atoms with van der Waals surface area (Å²) in [5, 5.41) is 6.03. The number of benzene rings is 2. The summed E-state index contributed by atoms with van der Waals surface area (Å²) in [6.07, 6.45) is 7.39. The highest BCUT2D eigenvalue weighted by molar-refractivity contribution is 5.94. The lowest BCUT2D eigenvalue weighted by Gasteiger charge is -2.27. The maximum Gasteiger partial charge on any atom is 0.227 e. The Hall–Kier alpha value is -3.10. The fourth-order valence-electron chi connectivity index (χ4n) is 5.31. The van der Waals surface area contributed by atoms with Crippen LogP contribution in [0.5, 0.6) is 11.5 Å². The van der Waals surface area contributed by atoms with Crippen molar-refractivity contribution in [1.29, 1.82) is 0 Å². The molecule has 1 aliphatic carbocycles. The summed E-state index contributed by atoms with van der Waals surface area (Å²) in [7, 11) is 0. The Kier molecular flexibility index (Phi) is 9.15. The second kappa shape index (κ2) is 13.1. The average molecular weight is 523 g/mol. The fourth-order valence-corrected chi connectivity index (χ4v) is 5.31. The minimum Gasteiger partial charge on any atom is -0.491 e. The van der Waals surface area contributed by atoms with E-state index in [0.29, 0.717) is 38.9 Å². The first-order valence-corrected chi connectivity index (χ1v) is 13.9. The largest absolute Gasteiger partial charge is 0.491 e. The van der Waals surface area contributed by atoms with Crippen molar-refractivity contribution >= 4 is 23.2 Å². The van der Waals surface area contributed by atoms with Crippen LogP contribution in [0.2, 0.25) is 0 Å². The number of rotatable bonds is 10. The lowest BCUT2D eigenvalue weighted by atomic mass is 9.81. The summed E-state index contributed by atoms with van der Waals surface area (Å²) in [5.74, 6) is 1.38. The van der Waals surface area contributed by atoms with Crippen LogP contribution in [0.15, 0.2) is 48.5 Å². The summed E-state index contributed by atoms with van der Waals surface area (Å²) in [6.45, 7) is 2.73. The highest BCUT2D eigenvalue weighted by atomic mass is 16.5. The molecular formula is C30H38N2O6. The van der Waals surface area contributed by atoms with E-state index in [4.69, 9.17) is 18.9 Å². The number of carbonyl (C=O) groups is 2. The molecule has 0 radical (unpaired) electrons. The summed E-state index contributed by atoms with van der Waals surface area (Å²) >= 11 is 0. The van der Waals surface area contributed by atoms with Gasteiger partial charge in [-0.15, -0.1) is 0 Å². The summed E-state index contributed by atoms with van der Waals surface area (Å²) in [6, 6.07) is 14.9. The quantitative estimate of drug-likeness (QED) is 0.446. The molecule has 2 aliphatic heterocycles. The molecule has 8 nitrogen and oxygen atoms in total. The molecule has 204 valence electrons. The Morgan fingerprint density at radius 2 is 1.03 bits per heavy atom. The second-order valence-corrected chi connectivity index (χ2v) is 10.5. The number of carbonyl (C=O) groups excluding carboxylic acids is 2. The van der Waals surface area contributed by atoms with Crippen molar-refractivity contribution in [2.75, 3.05) is 37.1 Å². The van der Waals surface area contributed by atoms with E-state index in [-0.39, 0.29) is 35.9 Å². The van der Waals surface area contributed by atoms with Gasteiger partial charge in [-0.1, -0.05) is 0 Å². The molecule has 3 fully saturated rings. The van der Waals surface area contributed by atoms with Gasteiger partial charge in [0.25, 0.3) is 0 Å². The van der Waals surface area contributed by atoms with E-state index in [0.717, 1.165) is 61.8 Å². The lowest BCUT2D eigenvalue weighted by Crippen LogP contribution is -2.32. The monoisotopic (exact) mass is 522 g/mol. The molecule has 38 heavy (non-hydrogen) atoms. The van der Waals surface area contributed by atoms with Gasteiger partial charge in [-0.3, -0.25) is 9.59 Å². The van der Waals surface area contributed by atoms with E-state index in [1.165, 1.54) is 0 Å². The Morgan fingerprint density at radius 1 is 0.632 bits per heavy atom. The SMILES string of the molecule is O=C(Nc1ccc(OCC2CCCO2)cc1)C1CCC(C(=O)Nc2ccc(OCC3CCCO3)cc2)CC1. The van der Waals surface area contributed by atoms with Crippen LogP contribution >= 0.6 is 0 Å². The summed E-state index contributed by atoms with van der Waals surface area (Å²) in [5.41, 5.74) is 1.50. The van der Waals surface area contributed by atoms with Crippen LogP contribution in [0.4, 0.5) is 11.4 Å². The standard InChI is InChI=1S/C30H38N2O6/c33-29(31-23-9-13-25(14-10-23)37-19-27-3-1-17-35-27)21-5-7-22(8-6-21)30(34)32-24-11-15-26(16-12-24)38-20-28-4-2-18-36-28/h9-16,21-22,27-28H,1-8,17-20H2,(H,31,33)(H,32,34). The van der Waals surface area contributed by atoms with Crippen LogP contribution in [0.3, 0.4) is 0 Å². The van der Waals surface area contributed by atoms with Gasteiger partial charge in [0.05, 0.1) is 12.2 Å². The molecule has 2 heterocycles. The topological polar surface area (TPSA) is 95.1 Å². The van der Waals surface area contributed by atoms with Crippen LogP contribution in [-0.2, 0) is 19.1 Å². The smallest absolute Gasteiger partial charge is 0.227 e. The molecule has 2 amide bonds. The van der Waals surface area contributed by atoms with Gasteiger partial charge in [-0.2, -0.15) is 0 Å². The van der Waals surface area contributed by atoms with Gasteiger partial charge in [-0.25, -0.2) is 0 Å². The van der Waals surface area contributed by atoms with E-state index >= 15 is 0 Å². The van der Waals surface area contributed by atoms with Gasteiger partial charge in [0.2, 0.25) is 11.8 Å². The Labute approximate surface area is 224 Å². The minimum atomic E-state index is -0.0882. The van der Waals surface area contributed by atoms with Gasteiger partial charge in [0, 0.05) is 36.4 Å². The van der Waals surface area contributed by atoms with Crippen LogP contribution in [0.1, 0.15) is 51.4 Å². The third-order valence-corrected chi connectivity index (χ3v) is 7.63. The predicted octanol–water partition coefficient (Wildman–Crippen LogP) is 5.19. The Bertz CT molecular complexity index is 952. The van der Waals surface area contributed by atoms with E-state index in [2.05, 4.69) is 10.6 Å². The second-order valence-electron chi connectivity index (χ2n) is 10.5. The molecule has 0 spiro atoms. The maximum absolute atomic E-state index is 12.8. The highest BCUT2D eigenvalue weighted by Crippen LogP contribution is 2.31. The van der Waals surface area contributed by atoms with E-state index < -0.39 is 0 Å². The van der Waals surface area contributed by atoms with Gasteiger partial charge in [0.15, 0.2) is 0 Å². The number of hydrogen-bond acceptors (Lipinski definition) is 6. The van der Waals surface area contributed by atoms with Crippen molar-refractivity contribution < 1.29 is 28.5 Å². The zero-order valence-corrected chi connectivity index (χ0v) is 21.9. The van der Waals surface area contributed by atoms with Gasteiger partial charge < -0.3 is 29.6 Å². The van der Waals surface area contributed by atoms with E-state index in [9.17, 15) is 9.59 Å².